The summed E-state index contributed by atoms with van der Waals surface area (Å²) < 4.78 is 16.8. The Kier molecular flexibility index (Phi) is 62.0. The van der Waals surface area contributed by atoms with Crippen LogP contribution in [0.2, 0.25) is 0 Å². The van der Waals surface area contributed by atoms with Gasteiger partial charge in [0.05, 0.1) is 0 Å². The Balaban J connectivity index is 4.50. The average Bonchev–Trinajstić information content (AvgIpc) is 3.46. The summed E-state index contributed by atoms with van der Waals surface area (Å²) in [6, 6.07) is 0. The van der Waals surface area contributed by atoms with Gasteiger partial charge >= 0.3 is 17.9 Å². The lowest BCUT2D eigenvalue weighted by atomic mass is 10.1. The monoisotopic (exact) mass is 1110 g/mol. The quantitative estimate of drug-likeness (QED) is 0.0261. The van der Waals surface area contributed by atoms with Crippen LogP contribution in [-0.2, 0) is 28.6 Å². The molecule has 1 atom stereocenters. The van der Waals surface area contributed by atoms with E-state index in [0.29, 0.717) is 19.3 Å². The maximum absolute atomic E-state index is 12.9. The molecule has 0 aliphatic carbocycles. The third-order valence-corrected chi connectivity index (χ3v) is 12.6. The molecule has 6 nitrogen and oxygen atoms in total. The van der Waals surface area contributed by atoms with E-state index in [2.05, 4.69) is 215 Å². The molecule has 0 saturated carbocycles. The summed E-state index contributed by atoms with van der Waals surface area (Å²) in [7, 11) is 0. The van der Waals surface area contributed by atoms with Gasteiger partial charge in [0.2, 0.25) is 0 Å². The van der Waals surface area contributed by atoms with Crippen molar-refractivity contribution in [2.45, 2.75) is 245 Å². The van der Waals surface area contributed by atoms with E-state index in [-0.39, 0.29) is 37.5 Å². The molecule has 0 rings (SSSR count). The summed E-state index contributed by atoms with van der Waals surface area (Å²) in [5.74, 6) is -1.03. The minimum atomic E-state index is -0.838. The highest BCUT2D eigenvalue weighted by Crippen LogP contribution is 2.13. The SMILES string of the molecule is CC/C=C\C/C=C\C/C=C\C/C=C\C/C=C\C/C=C\C/C=C\CCCC(=O)OC(COC(=O)CCCCC/C=C\C/C=C\C/C=C\CC)COC(=O)CCCCCCCCCC/C=C\C/C=C\C/C=C\C/C=C\C/C=C\C/C=C\CC. The molecule has 0 amide bonds. The fourth-order valence-corrected chi connectivity index (χ4v) is 7.92. The lowest BCUT2D eigenvalue weighted by molar-refractivity contribution is -0.167. The molecular weight excluding hydrogens is 997 g/mol. The van der Waals surface area contributed by atoms with Crippen LogP contribution in [0.1, 0.15) is 239 Å². The van der Waals surface area contributed by atoms with Gasteiger partial charge in [-0.25, -0.2) is 0 Å². The molecule has 450 valence electrons. The van der Waals surface area contributed by atoms with Crippen LogP contribution in [0.15, 0.2) is 194 Å². The highest BCUT2D eigenvalue weighted by Gasteiger charge is 2.19. The molecule has 0 aliphatic rings. The van der Waals surface area contributed by atoms with Crippen LogP contribution in [-0.4, -0.2) is 37.2 Å². The van der Waals surface area contributed by atoms with Crippen molar-refractivity contribution in [1.29, 1.82) is 0 Å². The number of ether oxygens (including phenoxy) is 3. The minimum Gasteiger partial charge on any atom is -0.462 e. The summed E-state index contributed by atoms with van der Waals surface area (Å²) >= 11 is 0. The third kappa shape index (κ3) is 64.9. The Labute approximate surface area is 497 Å². The highest BCUT2D eigenvalue weighted by atomic mass is 16.6. The van der Waals surface area contributed by atoms with E-state index in [9.17, 15) is 14.4 Å². The molecule has 0 radical (unpaired) electrons. The van der Waals surface area contributed by atoms with E-state index < -0.39 is 6.10 Å². The standard InChI is InChI=1S/C75H114O6/c1-4-7-10-13-16-19-22-25-27-29-31-33-35-36-37-38-40-41-43-45-47-50-53-56-59-62-65-68-74(77)80-71-72(70-79-73(76)67-64-61-58-55-52-49-24-21-18-15-12-9-6-3)81-75(78)69-66-63-60-57-54-51-48-46-44-42-39-34-32-30-28-26-23-20-17-14-11-8-5-2/h7-12,16-21,25-28,31-34,36-37,40-42,44,48-49,51-52,57,60,72H,4-6,13-15,22-24,29-30,35,38-39,43,45-47,50,53-56,58-59,61-71H2,1-3H3/b10-7-,11-8-,12-9-,19-16-,20-17-,21-18-,27-25-,28-26-,33-31-,34-32-,37-36-,41-40-,44-42-,51-48-,52-49-,60-57-. The molecule has 6 heteroatoms. The molecule has 81 heavy (non-hydrogen) atoms. The number of rotatable bonds is 55. The van der Waals surface area contributed by atoms with Crippen molar-refractivity contribution < 1.29 is 28.6 Å². The maximum atomic E-state index is 12.9. The van der Waals surface area contributed by atoms with Gasteiger partial charge in [-0.1, -0.05) is 260 Å². The molecular formula is C75H114O6. The fraction of sp³-hybridized carbons (Fsp3) is 0.533. The predicted octanol–water partition coefficient (Wildman–Crippen LogP) is 22.2. The molecule has 0 aliphatic heterocycles. The van der Waals surface area contributed by atoms with E-state index in [1.807, 2.05) is 0 Å². The first-order valence-electron chi connectivity index (χ1n) is 31.9. The molecule has 0 fully saturated rings. The highest BCUT2D eigenvalue weighted by molar-refractivity contribution is 5.71. The first kappa shape index (κ1) is 75.2. The van der Waals surface area contributed by atoms with Gasteiger partial charge in [-0.2, -0.15) is 0 Å². The van der Waals surface area contributed by atoms with Crippen molar-refractivity contribution >= 4 is 17.9 Å². The third-order valence-electron chi connectivity index (χ3n) is 12.6. The first-order valence-corrected chi connectivity index (χ1v) is 31.9. The zero-order valence-electron chi connectivity index (χ0n) is 51.5. The van der Waals surface area contributed by atoms with Crippen molar-refractivity contribution in [3.8, 4) is 0 Å². The van der Waals surface area contributed by atoms with E-state index >= 15 is 0 Å². The van der Waals surface area contributed by atoms with Crippen LogP contribution in [0.5, 0.6) is 0 Å². The second-order valence-electron chi connectivity index (χ2n) is 20.2. The smallest absolute Gasteiger partial charge is 0.306 e. The van der Waals surface area contributed by atoms with Crippen molar-refractivity contribution in [3.05, 3.63) is 194 Å². The maximum Gasteiger partial charge on any atom is 0.306 e. The summed E-state index contributed by atoms with van der Waals surface area (Å²) in [6.45, 7) is 6.20. The lowest BCUT2D eigenvalue weighted by Gasteiger charge is -2.18. The first-order chi connectivity index (χ1) is 40.0. The van der Waals surface area contributed by atoms with Crippen LogP contribution in [0, 0.1) is 0 Å². The van der Waals surface area contributed by atoms with Crippen LogP contribution < -0.4 is 0 Å². The molecule has 0 heterocycles. The van der Waals surface area contributed by atoms with Crippen molar-refractivity contribution in [2.75, 3.05) is 13.2 Å². The Hall–Kier alpha value is -5.75. The Morgan fingerprint density at radius 3 is 0.741 bits per heavy atom. The molecule has 0 N–H and O–H groups in total. The van der Waals surface area contributed by atoms with Crippen LogP contribution in [0.4, 0.5) is 0 Å². The molecule has 0 bridgehead atoms. The molecule has 0 aromatic heterocycles. The van der Waals surface area contributed by atoms with E-state index in [1.165, 1.54) is 32.1 Å². The number of carbonyl (C=O) groups is 3. The van der Waals surface area contributed by atoms with Crippen LogP contribution in [0.25, 0.3) is 0 Å². The number of hydrogen-bond acceptors (Lipinski definition) is 6. The number of carbonyl (C=O) groups excluding carboxylic acids is 3. The summed E-state index contributed by atoms with van der Waals surface area (Å²) in [4.78, 5) is 38.3. The zero-order valence-corrected chi connectivity index (χ0v) is 51.5. The topological polar surface area (TPSA) is 78.9 Å². The number of esters is 3. The van der Waals surface area contributed by atoms with Gasteiger partial charge in [0.15, 0.2) is 6.10 Å². The fourth-order valence-electron chi connectivity index (χ4n) is 7.92. The zero-order chi connectivity index (χ0) is 58.5. The normalized spacial score (nSPS) is 13.5. The van der Waals surface area contributed by atoms with E-state index in [1.54, 1.807) is 0 Å². The van der Waals surface area contributed by atoms with Crippen molar-refractivity contribution in [2.24, 2.45) is 0 Å². The summed E-state index contributed by atoms with van der Waals surface area (Å²) in [5, 5.41) is 0. The Bertz CT molecular complexity index is 1950. The van der Waals surface area contributed by atoms with Gasteiger partial charge in [-0.3, -0.25) is 14.4 Å². The van der Waals surface area contributed by atoms with Gasteiger partial charge in [0, 0.05) is 19.3 Å². The number of unbranched alkanes of at least 4 members (excludes halogenated alkanes) is 12. The molecule has 0 aromatic carbocycles. The van der Waals surface area contributed by atoms with Gasteiger partial charge < -0.3 is 14.2 Å². The molecule has 0 spiro atoms. The van der Waals surface area contributed by atoms with Gasteiger partial charge in [0.25, 0.3) is 0 Å². The number of hydrogen-bond donors (Lipinski definition) is 0. The van der Waals surface area contributed by atoms with Crippen molar-refractivity contribution in [1.82, 2.24) is 0 Å². The largest absolute Gasteiger partial charge is 0.462 e. The van der Waals surface area contributed by atoms with Gasteiger partial charge in [0.1, 0.15) is 13.2 Å². The lowest BCUT2D eigenvalue weighted by Crippen LogP contribution is -2.30. The Morgan fingerprint density at radius 1 is 0.247 bits per heavy atom. The molecule has 0 aromatic rings. The summed E-state index contributed by atoms with van der Waals surface area (Å²) in [5.41, 5.74) is 0. The molecule has 0 saturated heterocycles. The molecule has 1 unspecified atom stereocenters. The van der Waals surface area contributed by atoms with Gasteiger partial charge in [-0.05, 0) is 154 Å². The second kappa shape index (κ2) is 66.8. The van der Waals surface area contributed by atoms with Crippen molar-refractivity contribution in [3.63, 3.8) is 0 Å². The van der Waals surface area contributed by atoms with Crippen LogP contribution in [0.3, 0.4) is 0 Å². The van der Waals surface area contributed by atoms with E-state index in [4.69, 9.17) is 14.2 Å². The number of allylic oxidation sites excluding steroid dienone is 32. The minimum absolute atomic E-state index is 0.126. The van der Waals surface area contributed by atoms with Gasteiger partial charge in [-0.15, -0.1) is 0 Å². The van der Waals surface area contributed by atoms with Crippen LogP contribution >= 0.6 is 0 Å². The Morgan fingerprint density at radius 2 is 0.457 bits per heavy atom. The predicted molar refractivity (Wildman–Crippen MR) is 352 cm³/mol. The average molecular weight is 1110 g/mol. The summed E-state index contributed by atoms with van der Waals surface area (Å²) in [6.07, 6.45) is 102. The van der Waals surface area contributed by atoms with E-state index in [0.717, 1.165) is 161 Å². The second-order valence-corrected chi connectivity index (χ2v) is 20.2.